The Morgan fingerprint density at radius 2 is 1.71 bits per heavy atom. The van der Waals surface area contributed by atoms with Crippen molar-refractivity contribution in [2.45, 2.75) is 11.3 Å². The highest BCUT2D eigenvalue weighted by Crippen LogP contribution is 2.54. The molecule has 1 amide bonds. The van der Waals surface area contributed by atoms with Crippen LogP contribution in [0.15, 0.2) is 84.4 Å². The molecule has 1 aliphatic carbocycles. The molecule has 0 N–H and O–H groups in total. The van der Waals surface area contributed by atoms with Crippen molar-refractivity contribution in [3.05, 3.63) is 112 Å². The number of benzene rings is 3. The van der Waals surface area contributed by atoms with Crippen LogP contribution in [0.1, 0.15) is 28.2 Å². The standard InChI is InChI=1S/C26H20ClNO3/c1-28-22-13-12-17(27)14-21(22)26(25(28)30)15-19(24(29)31-2)23(16-8-4-3-5-9-16)18-10-6-7-11-20(18)26/h3-15,23H,1-2H3/t23-,26-/m1/s1. The molecule has 0 unspecified atom stereocenters. The second-order valence-electron chi connectivity index (χ2n) is 7.86. The van der Waals surface area contributed by atoms with E-state index in [2.05, 4.69) is 0 Å². The molecule has 1 spiro atoms. The number of rotatable bonds is 2. The SMILES string of the molecule is COC(=O)C1=C[C@@]2(C(=O)N(C)c3ccc(Cl)cc32)c2ccccc2[C@H]1c1ccccc1. The molecular weight excluding hydrogens is 410 g/mol. The summed E-state index contributed by atoms with van der Waals surface area (Å²) in [6.45, 7) is 0. The molecule has 1 heterocycles. The molecule has 3 aromatic carbocycles. The summed E-state index contributed by atoms with van der Waals surface area (Å²) in [7, 11) is 3.12. The van der Waals surface area contributed by atoms with Gasteiger partial charge in [0.15, 0.2) is 0 Å². The lowest BCUT2D eigenvalue weighted by atomic mass is 9.64. The van der Waals surface area contributed by atoms with Gasteiger partial charge in [-0.25, -0.2) is 4.79 Å². The molecule has 31 heavy (non-hydrogen) atoms. The van der Waals surface area contributed by atoms with Crippen LogP contribution in [0.3, 0.4) is 0 Å². The van der Waals surface area contributed by atoms with Gasteiger partial charge in [-0.2, -0.15) is 0 Å². The molecule has 0 saturated heterocycles. The first kappa shape index (κ1) is 19.6. The quantitative estimate of drug-likeness (QED) is 0.547. The summed E-state index contributed by atoms with van der Waals surface area (Å²) in [6, 6.07) is 23.1. The zero-order chi connectivity index (χ0) is 21.8. The molecule has 4 nitrogen and oxygen atoms in total. The Hall–Kier alpha value is -3.37. The van der Waals surface area contributed by atoms with Crippen LogP contribution in [0, 0.1) is 0 Å². The number of ether oxygens (including phenoxy) is 1. The summed E-state index contributed by atoms with van der Waals surface area (Å²) >= 11 is 6.36. The van der Waals surface area contributed by atoms with Gasteiger partial charge in [0.2, 0.25) is 5.91 Å². The number of nitrogens with zero attached hydrogens (tertiary/aromatic N) is 1. The molecule has 3 aromatic rings. The number of fused-ring (bicyclic) bond motifs is 4. The Balaban J connectivity index is 1.89. The summed E-state index contributed by atoms with van der Waals surface area (Å²) in [4.78, 5) is 28.5. The van der Waals surface area contributed by atoms with E-state index in [1.807, 2.05) is 66.7 Å². The molecule has 154 valence electrons. The maximum atomic E-state index is 13.8. The van der Waals surface area contributed by atoms with Crippen molar-refractivity contribution < 1.29 is 14.3 Å². The lowest BCUT2D eigenvalue weighted by Crippen LogP contribution is -2.42. The van der Waals surface area contributed by atoms with E-state index in [1.54, 1.807) is 24.1 Å². The molecule has 2 atom stereocenters. The molecule has 0 aromatic heterocycles. The van der Waals surface area contributed by atoms with Crippen LogP contribution in [0.5, 0.6) is 0 Å². The monoisotopic (exact) mass is 429 g/mol. The van der Waals surface area contributed by atoms with Crippen LogP contribution < -0.4 is 4.90 Å². The van der Waals surface area contributed by atoms with E-state index in [0.717, 1.165) is 27.9 Å². The van der Waals surface area contributed by atoms with E-state index in [1.165, 1.54) is 7.11 Å². The van der Waals surface area contributed by atoms with Gasteiger partial charge in [-0.3, -0.25) is 4.79 Å². The second kappa shape index (κ2) is 7.10. The fraction of sp³-hybridized carbons (Fsp3) is 0.154. The van der Waals surface area contributed by atoms with E-state index in [4.69, 9.17) is 16.3 Å². The van der Waals surface area contributed by atoms with Crippen LogP contribution in [-0.4, -0.2) is 26.0 Å². The van der Waals surface area contributed by atoms with Crippen molar-refractivity contribution in [3.8, 4) is 0 Å². The third kappa shape index (κ3) is 2.68. The van der Waals surface area contributed by atoms with Gasteiger partial charge in [-0.1, -0.05) is 66.2 Å². The number of methoxy groups -OCH3 is 1. The molecule has 2 aliphatic rings. The minimum Gasteiger partial charge on any atom is -0.466 e. The highest BCUT2D eigenvalue weighted by atomic mass is 35.5. The molecule has 5 rings (SSSR count). The molecule has 1 aliphatic heterocycles. The fourth-order valence-corrected chi connectivity index (χ4v) is 5.15. The zero-order valence-electron chi connectivity index (χ0n) is 17.1. The van der Waals surface area contributed by atoms with Crippen LogP contribution in [-0.2, 0) is 19.7 Å². The van der Waals surface area contributed by atoms with Crippen molar-refractivity contribution in [1.82, 2.24) is 0 Å². The van der Waals surface area contributed by atoms with Crippen LogP contribution >= 0.6 is 11.6 Å². The van der Waals surface area contributed by atoms with Crippen LogP contribution in [0.25, 0.3) is 0 Å². The first-order valence-electron chi connectivity index (χ1n) is 10.0. The maximum absolute atomic E-state index is 13.8. The Morgan fingerprint density at radius 1 is 1.00 bits per heavy atom. The molecule has 0 bridgehead atoms. The maximum Gasteiger partial charge on any atom is 0.334 e. The number of carbonyl (C=O) groups excluding carboxylic acids is 2. The van der Waals surface area contributed by atoms with E-state index < -0.39 is 11.4 Å². The Bertz CT molecular complexity index is 1250. The highest BCUT2D eigenvalue weighted by Gasteiger charge is 2.54. The topological polar surface area (TPSA) is 46.6 Å². The Labute approximate surface area is 185 Å². The van der Waals surface area contributed by atoms with Gasteiger partial charge in [0, 0.05) is 34.8 Å². The highest BCUT2D eigenvalue weighted by molar-refractivity contribution is 6.31. The average molecular weight is 430 g/mol. The summed E-state index contributed by atoms with van der Waals surface area (Å²) in [6.07, 6.45) is 1.79. The fourth-order valence-electron chi connectivity index (χ4n) is 4.97. The molecule has 0 saturated carbocycles. The van der Waals surface area contributed by atoms with Crippen molar-refractivity contribution >= 4 is 29.2 Å². The normalized spacial score (nSPS) is 21.5. The molecule has 5 heteroatoms. The third-order valence-electron chi connectivity index (χ3n) is 6.32. The van der Waals surface area contributed by atoms with Gasteiger partial charge in [-0.15, -0.1) is 0 Å². The van der Waals surface area contributed by atoms with Crippen molar-refractivity contribution in [3.63, 3.8) is 0 Å². The van der Waals surface area contributed by atoms with Gasteiger partial charge in [0.05, 0.1) is 7.11 Å². The van der Waals surface area contributed by atoms with Crippen molar-refractivity contribution in [2.75, 3.05) is 19.1 Å². The van der Waals surface area contributed by atoms with Crippen molar-refractivity contribution in [2.24, 2.45) is 0 Å². The molecule has 0 fully saturated rings. The van der Waals surface area contributed by atoms with Crippen LogP contribution in [0.4, 0.5) is 5.69 Å². The van der Waals surface area contributed by atoms with E-state index in [0.29, 0.717) is 10.6 Å². The van der Waals surface area contributed by atoms with Crippen molar-refractivity contribution in [1.29, 1.82) is 0 Å². The number of hydrogen-bond acceptors (Lipinski definition) is 3. The zero-order valence-corrected chi connectivity index (χ0v) is 17.9. The van der Waals surface area contributed by atoms with Crippen LogP contribution in [0.2, 0.25) is 5.02 Å². The third-order valence-corrected chi connectivity index (χ3v) is 6.56. The first-order chi connectivity index (χ1) is 15.0. The van der Waals surface area contributed by atoms with Gasteiger partial charge in [0.25, 0.3) is 0 Å². The minimum absolute atomic E-state index is 0.120. The van der Waals surface area contributed by atoms with E-state index in [9.17, 15) is 9.59 Å². The van der Waals surface area contributed by atoms with Gasteiger partial charge >= 0.3 is 5.97 Å². The summed E-state index contributed by atoms with van der Waals surface area (Å²) < 4.78 is 5.17. The summed E-state index contributed by atoms with van der Waals surface area (Å²) in [5, 5.41) is 0.539. The average Bonchev–Trinajstić information content (AvgIpc) is 3.01. The first-order valence-corrected chi connectivity index (χ1v) is 10.4. The Kier molecular flexibility index (Phi) is 4.49. The summed E-state index contributed by atoms with van der Waals surface area (Å²) in [5.74, 6) is -0.907. The number of halogens is 1. The number of carbonyl (C=O) groups is 2. The summed E-state index contributed by atoms with van der Waals surface area (Å²) in [5.41, 5.74) is 3.59. The van der Waals surface area contributed by atoms with E-state index >= 15 is 0 Å². The Morgan fingerprint density at radius 3 is 2.45 bits per heavy atom. The van der Waals surface area contributed by atoms with Gasteiger partial charge in [-0.05, 0) is 41.0 Å². The molecular formula is C26H20ClNO3. The van der Waals surface area contributed by atoms with Gasteiger partial charge < -0.3 is 9.64 Å². The predicted octanol–water partition coefficient (Wildman–Crippen LogP) is 4.85. The number of hydrogen-bond donors (Lipinski definition) is 0. The number of likely N-dealkylation sites (N-methyl/N-ethyl adjacent to an activating group) is 1. The predicted molar refractivity (Wildman–Crippen MR) is 120 cm³/mol. The second-order valence-corrected chi connectivity index (χ2v) is 8.29. The molecule has 0 radical (unpaired) electrons. The minimum atomic E-state index is -1.14. The largest absolute Gasteiger partial charge is 0.466 e. The number of amides is 1. The number of esters is 1. The lowest BCUT2D eigenvalue weighted by Gasteiger charge is -2.37. The van der Waals surface area contributed by atoms with Gasteiger partial charge in [0.1, 0.15) is 5.41 Å². The number of anilines is 1. The lowest BCUT2D eigenvalue weighted by molar-refractivity contribution is -0.136. The smallest absolute Gasteiger partial charge is 0.334 e. The van der Waals surface area contributed by atoms with E-state index in [-0.39, 0.29) is 11.8 Å².